The summed E-state index contributed by atoms with van der Waals surface area (Å²) in [6.07, 6.45) is -4.70. The van der Waals surface area contributed by atoms with Gasteiger partial charge in [-0.1, -0.05) is 11.6 Å². The van der Waals surface area contributed by atoms with E-state index in [0.29, 0.717) is 17.2 Å². The highest BCUT2D eigenvalue weighted by atomic mass is 35.5. The number of alkyl halides is 3. The second-order valence-electron chi connectivity index (χ2n) is 6.62. The van der Waals surface area contributed by atoms with Crippen molar-refractivity contribution in [2.45, 2.75) is 12.6 Å². The number of amides is 2. The Morgan fingerprint density at radius 1 is 1.14 bits per heavy atom. The summed E-state index contributed by atoms with van der Waals surface area (Å²) in [5, 5.41) is 1.98. The predicted octanol–water partition coefficient (Wildman–Crippen LogP) is 4.08. The van der Waals surface area contributed by atoms with Crippen LogP contribution in [-0.2, 0) is 15.8 Å². The van der Waals surface area contributed by atoms with E-state index in [4.69, 9.17) is 21.1 Å². The number of fused-ring (bicyclic) bond motifs is 1. The zero-order chi connectivity index (χ0) is 20.8. The summed E-state index contributed by atoms with van der Waals surface area (Å²) < 4.78 is 49.5. The second-order valence-corrected chi connectivity index (χ2v) is 7.03. The lowest BCUT2D eigenvalue weighted by atomic mass is 10.1. The van der Waals surface area contributed by atoms with Gasteiger partial charge in [-0.05, 0) is 30.3 Å². The summed E-state index contributed by atoms with van der Waals surface area (Å²) >= 11 is 5.59. The van der Waals surface area contributed by atoms with E-state index in [9.17, 15) is 22.8 Å². The molecule has 1 fully saturated rings. The Balaban J connectivity index is 1.47. The SMILES string of the molecule is O=C(Nc1ccc(Cl)c(C(F)(F)F)c1)C1CC(=O)N(c2ccc3c(c2)OCO3)C1. The maximum Gasteiger partial charge on any atom is 0.417 e. The fourth-order valence-electron chi connectivity index (χ4n) is 3.25. The largest absolute Gasteiger partial charge is 0.454 e. The molecule has 2 aliphatic heterocycles. The van der Waals surface area contributed by atoms with Gasteiger partial charge in [0.15, 0.2) is 11.5 Å². The van der Waals surface area contributed by atoms with E-state index in [1.165, 1.54) is 11.0 Å². The lowest BCUT2D eigenvalue weighted by Gasteiger charge is -2.17. The lowest BCUT2D eigenvalue weighted by Crippen LogP contribution is -2.28. The molecule has 6 nitrogen and oxygen atoms in total. The standard InChI is InChI=1S/C19H14ClF3N2O4/c20-14-3-1-11(6-13(14)19(21,22)23)24-18(27)10-5-17(26)25(8-10)12-2-4-15-16(7-12)29-9-28-15/h1-4,6-7,10H,5,8-9H2,(H,24,27). The topological polar surface area (TPSA) is 67.9 Å². The average Bonchev–Trinajstić information content (AvgIpc) is 3.28. The molecule has 1 atom stereocenters. The first-order valence-electron chi connectivity index (χ1n) is 8.60. The number of hydrogen-bond acceptors (Lipinski definition) is 4. The van der Waals surface area contributed by atoms with Crippen molar-refractivity contribution in [3.8, 4) is 11.5 Å². The highest BCUT2D eigenvalue weighted by molar-refractivity contribution is 6.31. The molecular formula is C19H14ClF3N2O4. The smallest absolute Gasteiger partial charge is 0.417 e. The Hall–Kier alpha value is -2.94. The molecule has 2 amide bonds. The average molecular weight is 427 g/mol. The maximum absolute atomic E-state index is 13.0. The molecule has 1 N–H and O–H groups in total. The Kier molecular flexibility index (Phi) is 4.77. The van der Waals surface area contributed by atoms with E-state index in [1.807, 2.05) is 0 Å². The van der Waals surface area contributed by atoms with Crippen molar-refractivity contribution in [3.05, 3.63) is 47.0 Å². The zero-order valence-corrected chi connectivity index (χ0v) is 15.5. The minimum atomic E-state index is -4.64. The maximum atomic E-state index is 13.0. The minimum absolute atomic E-state index is 0.0410. The third-order valence-electron chi connectivity index (χ3n) is 4.70. The van der Waals surface area contributed by atoms with Crippen molar-refractivity contribution in [1.29, 1.82) is 0 Å². The monoisotopic (exact) mass is 426 g/mol. The molecule has 2 aliphatic rings. The molecule has 0 aromatic heterocycles. The molecule has 1 saturated heterocycles. The van der Waals surface area contributed by atoms with Crippen LogP contribution in [0.5, 0.6) is 11.5 Å². The van der Waals surface area contributed by atoms with Gasteiger partial charge in [-0.3, -0.25) is 9.59 Å². The number of nitrogens with one attached hydrogen (secondary N) is 1. The first kappa shape index (κ1) is 19.4. The van der Waals surface area contributed by atoms with E-state index in [1.54, 1.807) is 18.2 Å². The van der Waals surface area contributed by atoms with Gasteiger partial charge in [-0.2, -0.15) is 13.2 Å². The number of anilines is 2. The Morgan fingerprint density at radius 2 is 1.90 bits per heavy atom. The summed E-state index contributed by atoms with van der Waals surface area (Å²) in [5.41, 5.74) is -0.525. The molecule has 0 aliphatic carbocycles. The van der Waals surface area contributed by atoms with Crippen molar-refractivity contribution in [2.75, 3.05) is 23.6 Å². The van der Waals surface area contributed by atoms with Gasteiger partial charge in [0.2, 0.25) is 18.6 Å². The summed E-state index contributed by atoms with van der Waals surface area (Å²) in [7, 11) is 0. The van der Waals surface area contributed by atoms with E-state index in [2.05, 4.69) is 5.32 Å². The molecule has 152 valence electrons. The molecule has 4 rings (SSSR count). The zero-order valence-electron chi connectivity index (χ0n) is 14.8. The van der Waals surface area contributed by atoms with Gasteiger partial charge in [0.1, 0.15) is 0 Å². The Bertz CT molecular complexity index is 996. The summed E-state index contributed by atoms with van der Waals surface area (Å²) in [4.78, 5) is 26.3. The molecule has 0 spiro atoms. The van der Waals surface area contributed by atoms with Crippen LogP contribution in [0.2, 0.25) is 5.02 Å². The normalized spacial score (nSPS) is 18.3. The summed E-state index contributed by atoms with van der Waals surface area (Å²) in [6, 6.07) is 8.12. The number of benzene rings is 2. The molecule has 2 aromatic rings. The van der Waals surface area contributed by atoms with Crippen LogP contribution in [0.3, 0.4) is 0 Å². The van der Waals surface area contributed by atoms with Crippen molar-refractivity contribution in [1.82, 2.24) is 0 Å². The molecule has 0 radical (unpaired) electrons. The van der Waals surface area contributed by atoms with E-state index in [0.717, 1.165) is 12.1 Å². The number of nitrogens with zero attached hydrogens (tertiary/aromatic N) is 1. The molecule has 29 heavy (non-hydrogen) atoms. The van der Waals surface area contributed by atoms with Crippen LogP contribution in [0.15, 0.2) is 36.4 Å². The molecular weight excluding hydrogens is 413 g/mol. The van der Waals surface area contributed by atoms with Gasteiger partial charge in [0.25, 0.3) is 0 Å². The third kappa shape index (κ3) is 3.82. The number of rotatable bonds is 3. The number of ether oxygens (including phenoxy) is 2. The lowest BCUT2D eigenvalue weighted by molar-refractivity contribution is -0.137. The summed E-state index contributed by atoms with van der Waals surface area (Å²) in [5.74, 6) is -0.451. The van der Waals surface area contributed by atoms with Crippen LogP contribution in [0.4, 0.5) is 24.5 Å². The molecule has 10 heteroatoms. The molecule has 2 heterocycles. The highest BCUT2D eigenvalue weighted by Crippen LogP contribution is 2.38. The molecule has 0 saturated carbocycles. The van der Waals surface area contributed by atoms with E-state index in [-0.39, 0.29) is 31.4 Å². The predicted molar refractivity (Wildman–Crippen MR) is 98.1 cm³/mol. The third-order valence-corrected chi connectivity index (χ3v) is 5.03. The van der Waals surface area contributed by atoms with Crippen LogP contribution >= 0.6 is 11.6 Å². The van der Waals surface area contributed by atoms with Gasteiger partial charge < -0.3 is 19.7 Å². The quantitative estimate of drug-likeness (QED) is 0.803. The number of halogens is 4. The highest BCUT2D eigenvalue weighted by Gasteiger charge is 2.37. The molecule has 1 unspecified atom stereocenters. The Labute approximate surface area is 168 Å². The number of carbonyl (C=O) groups is 2. The van der Waals surface area contributed by atoms with Gasteiger partial charge in [-0.15, -0.1) is 0 Å². The van der Waals surface area contributed by atoms with Gasteiger partial charge in [0, 0.05) is 30.4 Å². The van der Waals surface area contributed by atoms with Crippen LogP contribution in [0.1, 0.15) is 12.0 Å². The van der Waals surface area contributed by atoms with Crippen LogP contribution < -0.4 is 19.7 Å². The van der Waals surface area contributed by atoms with Crippen LogP contribution in [0.25, 0.3) is 0 Å². The fraction of sp³-hybridized carbons (Fsp3) is 0.263. The summed E-state index contributed by atoms with van der Waals surface area (Å²) in [6.45, 7) is 0.197. The second kappa shape index (κ2) is 7.14. The van der Waals surface area contributed by atoms with Crippen molar-refractivity contribution >= 4 is 34.8 Å². The first-order valence-corrected chi connectivity index (χ1v) is 8.98. The van der Waals surface area contributed by atoms with Crippen molar-refractivity contribution in [2.24, 2.45) is 5.92 Å². The molecule has 2 aromatic carbocycles. The first-order chi connectivity index (χ1) is 13.7. The van der Waals surface area contributed by atoms with Crippen molar-refractivity contribution in [3.63, 3.8) is 0 Å². The van der Waals surface area contributed by atoms with Gasteiger partial charge in [-0.25, -0.2) is 0 Å². The van der Waals surface area contributed by atoms with Gasteiger partial charge >= 0.3 is 6.18 Å². The van der Waals surface area contributed by atoms with Crippen LogP contribution in [-0.4, -0.2) is 25.2 Å². The fourth-order valence-corrected chi connectivity index (χ4v) is 3.48. The number of hydrogen-bond donors (Lipinski definition) is 1. The van der Waals surface area contributed by atoms with Crippen molar-refractivity contribution < 1.29 is 32.2 Å². The number of carbonyl (C=O) groups excluding carboxylic acids is 2. The molecule has 0 bridgehead atoms. The van der Waals surface area contributed by atoms with Gasteiger partial charge in [0.05, 0.1) is 16.5 Å². The van der Waals surface area contributed by atoms with Crippen LogP contribution in [0, 0.1) is 5.92 Å². The van der Waals surface area contributed by atoms with E-state index >= 15 is 0 Å². The Morgan fingerprint density at radius 3 is 2.66 bits per heavy atom. The van der Waals surface area contributed by atoms with E-state index < -0.39 is 28.6 Å². The minimum Gasteiger partial charge on any atom is -0.454 e.